The van der Waals surface area contributed by atoms with E-state index >= 15 is 0 Å². The molecule has 5 heterocycles. The van der Waals surface area contributed by atoms with Gasteiger partial charge in [0.15, 0.2) is 0 Å². The zero-order valence-corrected chi connectivity index (χ0v) is 39.2. The summed E-state index contributed by atoms with van der Waals surface area (Å²) in [7, 11) is 18.3. The number of hydrogen-bond donors (Lipinski definition) is 2. The molecule has 8 bridgehead atoms. The molecule has 2 aliphatic rings. The predicted molar refractivity (Wildman–Crippen MR) is 244 cm³/mol. The molecule has 0 radical (unpaired) electrons. The molecule has 3 aromatic heterocycles. The predicted octanol–water partition coefficient (Wildman–Crippen LogP) is 7.10. The largest absolute Gasteiger partial charge is 0.460 e. The summed E-state index contributed by atoms with van der Waals surface area (Å²) in [5.74, 6) is -2.23. The van der Waals surface area contributed by atoms with E-state index in [0.717, 1.165) is 50.7 Å². The van der Waals surface area contributed by atoms with Crippen molar-refractivity contribution in [3.05, 3.63) is 75.4 Å². The van der Waals surface area contributed by atoms with Crippen LogP contribution < -0.4 is 0 Å². The fraction of sp³-hybridized carbons (Fsp3) is 0.521. The van der Waals surface area contributed by atoms with Crippen LogP contribution in [0.1, 0.15) is 101 Å². The maximum atomic E-state index is 14.9. The van der Waals surface area contributed by atoms with Crippen molar-refractivity contribution in [2.75, 3.05) is 103 Å². The molecule has 0 saturated carbocycles. The second-order valence-corrected chi connectivity index (χ2v) is 19.6. The first-order chi connectivity index (χ1) is 28.4. The van der Waals surface area contributed by atoms with E-state index < -0.39 is 17.9 Å². The van der Waals surface area contributed by atoms with E-state index in [9.17, 15) is 14.4 Å². The molecule has 0 unspecified atom stereocenters. The van der Waals surface area contributed by atoms with E-state index in [1.165, 1.54) is 0 Å². The van der Waals surface area contributed by atoms with Crippen LogP contribution in [0.3, 0.4) is 0 Å². The van der Waals surface area contributed by atoms with Gasteiger partial charge in [-0.3, -0.25) is 9.78 Å². The van der Waals surface area contributed by atoms with Crippen LogP contribution in [0.5, 0.6) is 0 Å². The van der Waals surface area contributed by atoms with Crippen molar-refractivity contribution in [3.63, 3.8) is 0 Å². The van der Waals surface area contributed by atoms with Crippen molar-refractivity contribution >= 4 is 57.2 Å². The number of carbonyl (C=O) groups excluding carboxylic acids is 3. The Morgan fingerprint density at radius 1 is 0.738 bits per heavy atom. The minimum Gasteiger partial charge on any atom is -0.460 e. The SMILES string of the molecule is C=Cc1c(C)c2cc3nc(c(C(=O)OCC[N+](C)(C)C)c4nc(cc5[nH]c(cc1[nH]2)c(C)c5CC)C(C)=C4C(=O)OCC[N+](C)(C)C)[C@@H](CCC(=O)OCC[N+](C)(C)C)[C@@H]3C. The second kappa shape index (κ2) is 18.5. The smallest absolute Gasteiger partial charge is 0.342 e. The number of aromatic nitrogens is 4. The number of fused-ring (bicyclic) bond motifs is 8. The number of ether oxygens (including phenoxy) is 3. The highest BCUT2D eigenvalue weighted by Gasteiger charge is 2.38. The van der Waals surface area contributed by atoms with Crippen LogP contribution in [0, 0.1) is 13.8 Å². The van der Waals surface area contributed by atoms with Gasteiger partial charge in [0.25, 0.3) is 0 Å². The molecule has 3 aromatic rings. The highest BCUT2D eigenvalue weighted by atomic mass is 16.5. The molecule has 0 aliphatic carbocycles. The summed E-state index contributed by atoms with van der Waals surface area (Å²) in [5, 5.41) is 0. The number of carbonyl (C=O) groups is 3. The first-order valence-corrected chi connectivity index (χ1v) is 21.4. The van der Waals surface area contributed by atoms with Gasteiger partial charge in [-0.15, -0.1) is 0 Å². The summed E-state index contributed by atoms with van der Waals surface area (Å²) in [6.45, 7) is 16.7. The molecule has 13 nitrogen and oxygen atoms in total. The third-order valence-electron chi connectivity index (χ3n) is 11.7. The van der Waals surface area contributed by atoms with E-state index in [0.29, 0.717) is 68.8 Å². The average Bonchev–Trinajstić information content (AvgIpc) is 3.82. The molecule has 61 heavy (non-hydrogen) atoms. The quantitative estimate of drug-likeness (QED) is 0.0887. The number of hydrogen-bond acceptors (Lipinski definition) is 8. The van der Waals surface area contributed by atoms with Crippen LogP contribution in [0.2, 0.25) is 0 Å². The fourth-order valence-corrected chi connectivity index (χ4v) is 7.77. The van der Waals surface area contributed by atoms with Gasteiger partial charge in [0.1, 0.15) is 45.0 Å². The van der Waals surface area contributed by atoms with Crippen molar-refractivity contribution in [3.8, 4) is 0 Å². The number of quaternary nitrogens is 3. The number of allylic oxidation sites excluding steroid dienone is 1. The standard InChI is InChI=1S/C48H68N7O6/c1-16-33-29(3)36-26-38-31(5)35(18-19-42(56)59-23-20-53(7,8)9)45(51-38)44(48(58)61-25-22-55(13,14)15)46-43(47(57)60-24-21-54(10,11)12)32(6)39(52-46)28-41-34(17-2)30(4)37(50-41)27-40(33)49-36/h16,26-28,31,35H,1,17-25H2,2-15H3/q+1/p+2/t31-,35-/m0/s1. The lowest BCUT2D eigenvalue weighted by atomic mass is 9.85. The van der Waals surface area contributed by atoms with E-state index in [4.69, 9.17) is 24.2 Å². The van der Waals surface area contributed by atoms with Crippen molar-refractivity contribution in [1.82, 2.24) is 19.9 Å². The van der Waals surface area contributed by atoms with Crippen LogP contribution in [0.25, 0.3) is 39.3 Å². The van der Waals surface area contributed by atoms with E-state index in [1.54, 1.807) is 0 Å². The van der Waals surface area contributed by atoms with E-state index in [1.807, 2.05) is 88.6 Å². The van der Waals surface area contributed by atoms with Crippen LogP contribution in [-0.4, -0.2) is 154 Å². The van der Waals surface area contributed by atoms with Gasteiger partial charge in [0, 0.05) is 51.6 Å². The number of likely N-dealkylation sites (N-methyl/N-ethyl adjacent to an activating group) is 3. The number of aromatic amines is 2. The molecule has 2 aliphatic heterocycles. The van der Waals surface area contributed by atoms with Crippen molar-refractivity contribution in [2.45, 2.75) is 65.7 Å². The molecule has 0 amide bonds. The van der Waals surface area contributed by atoms with Crippen molar-refractivity contribution in [2.24, 2.45) is 0 Å². The van der Waals surface area contributed by atoms with Crippen LogP contribution in [0.4, 0.5) is 0 Å². The monoisotopic (exact) mass is 841 g/mol. The second-order valence-electron chi connectivity index (χ2n) is 19.6. The summed E-state index contributed by atoms with van der Waals surface area (Å²) >= 11 is 0. The Hall–Kier alpha value is -5.11. The lowest BCUT2D eigenvalue weighted by Gasteiger charge is -2.24. The Balaban J connectivity index is 1.87. The summed E-state index contributed by atoms with van der Waals surface area (Å²) in [4.78, 5) is 60.3. The van der Waals surface area contributed by atoms with Gasteiger partial charge >= 0.3 is 17.9 Å². The molecule has 2 atom stereocenters. The molecule has 13 heteroatoms. The maximum Gasteiger partial charge on any atom is 0.342 e. The zero-order valence-electron chi connectivity index (χ0n) is 39.2. The Morgan fingerprint density at radius 2 is 1.30 bits per heavy atom. The van der Waals surface area contributed by atoms with Gasteiger partial charge in [0.2, 0.25) is 0 Å². The maximum absolute atomic E-state index is 14.9. The van der Waals surface area contributed by atoms with Gasteiger partial charge < -0.3 is 37.6 Å². The van der Waals surface area contributed by atoms with Gasteiger partial charge in [-0.1, -0.05) is 26.5 Å². The number of rotatable bonds is 16. The van der Waals surface area contributed by atoms with E-state index in [2.05, 4.69) is 50.3 Å². The zero-order chi connectivity index (χ0) is 45.2. The van der Waals surface area contributed by atoms with Crippen LogP contribution in [0.15, 0.2) is 24.8 Å². The number of nitrogens with one attached hydrogen (secondary N) is 2. The highest BCUT2D eigenvalue weighted by Crippen LogP contribution is 2.44. The number of aryl methyl sites for hydroxylation is 3. The molecule has 2 N–H and O–H groups in total. The third-order valence-corrected chi connectivity index (χ3v) is 11.7. The molecular weight excluding hydrogens is 771 g/mol. The molecule has 0 saturated heterocycles. The van der Waals surface area contributed by atoms with Crippen LogP contribution in [-0.2, 0) is 30.2 Å². The summed E-state index contributed by atoms with van der Waals surface area (Å²) < 4.78 is 19.6. The van der Waals surface area contributed by atoms with Gasteiger partial charge in [-0.05, 0) is 74.1 Å². The Labute approximate surface area is 362 Å². The average molecular weight is 841 g/mol. The van der Waals surface area contributed by atoms with Gasteiger partial charge in [-0.2, -0.15) is 0 Å². The van der Waals surface area contributed by atoms with E-state index in [-0.39, 0.29) is 48.4 Å². The highest BCUT2D eigenvalue weighted by molar-refractivity contribution is 6.26. The van der Waals surface area contributed by atoms with Crippen molar-refractivity contribution < 1.29 is 42.0 Å². The van der Waals surface area contributed by atoms with Gasteiger partial charge in [-0.25, -0.2) is 14.6 Å². The molecule has 5 rings (SSSR count). The number of esters is 3. The topological polar surface area (TPSA) is 136 Å². The molecular formula is C48H70N7O6+3. The number of nitrogens with zero attached hydrogens (tertiary/aromatic N) is 5. The van der Waals surface area contributed by atoms with Crippen molar-refractivity contribution in [1.29, 1.82) is 0 Å². The molecule has 0 spiro atoms. The summed E-state index contributed by atoms with van der Waals surface area (Å²) in [5.41, 5.74) is 10.3. The minimum atomic E-state index is -0.643. The summed E-state index contributed by atoms with van der Waals surface area (Å²) in [6.07, 6.45) is 3.04. The Bertz CT molecular complexity index is 2380. The lowest BCUT2D eigenvalue weighted by molar-refractivity contribution is -0.870. The first kappa shape index (κ1) is 46.9. The normalized spacial score (nSPS) is 15.8. The molecule has 0 fully saturated rings. The fourth-order valence-electron chi connectivity index (χ4n) is 7.77. The summed E-state index contributed by atoms with van der Waals surface area (Å²) in [6, 6.07) is 6.07. The lowest BCUT2D eigenvalue weighted by Crippen LogP contribution is -2.38. The first-order valence-electron chi connectivity index (χ1n) is 21.4. The number of H-pyrrole nitrogens is 2. The molecule has 330 valence electrons. The minimum absolute atomic E-state index is 0.0940. The van der Waals surface area contributed by atoms with Crippen LogP contribution >= 0.6 is 0 Å². The van der Waals surface area contributed by atoms with Gasteiger partial charge in [0.05, 0.1) is 86.1 Å². The molecule has 0 aromatic carbocycles. The Kier molecular flexibility index (Phi) is 14.2. The Morgan fingerprint density at radius 3 is 1.87 bits per heavy atom. The third kappa shape index (κ3) is 11.2.